The van der Waals surface area contributed by atoms with Gasteiger partial charge in [0.15, 0.2) is 11.0 Å². The van der Waals surface area contributed by atoms with Gasteiger partial charge in [0, 0.05) is 18.7 Å². The molecule has 0 aromatic carbocycles. The summed E-state index contributed by atoms with van der Waals surface area (Å²) < 4.78 is 41.0. The van der Waals surface area contributed by atoms with Gasteiger partial charge >= 0.3 is 6.18 Å². The molecule has 0 fully saturated rings. The molecule has 0 saturated heterocycles. The van der Waals surface area contributed by atoms with Crippen LogP contribution in [0.4, 0.5) is 18.3 Å². The fourth-order valence-corrected chi connectivity index (χ4v) is 2.02. The van der Waals surface area contributed by atoms with E-state index >= 15 is 0 Å². The Morgan fingerprint density at radius 2 is 2.20 bits per heavy atom. The molecule has 0 aliphatic carbocycles. The number of nitrogens with one attached hydrogen (secondary N) is 1. The molecule has 0 saturated carbocycles. The fourth-order valence-electron chi connectivity index (χ4n) is 1.29. The quantitative estimate of drug-likeness (QED) is 0.939. The van der Waals surface area contributed by atoms with E-state index in [0.717, 1.165) is 11.3 Å². The molecule has 0 unspecified atom stereocenters. The average Bonchev–Trinajstić information content (AvgIpc) is 2.92. The molecule has 1 N–H and O–H groups in total. The zero-order valence-electron chi connectivity index (χ0n) is 10.2. The predicted molar refractivity (Wildman–Crippen MR) is 64.1 cm³/mol. The topological polar surface area (TPSA) is 80.9 Å². The van der Waals surface area contributed by atoms with Gasteiger partial charge in [-0.15, -0.1) is 11.3 Å². The zero-order valence-corrected chi connectivity index (χ0v) is 11.0. The largest absolute Gasteiger partial charge is 0.389 e. The maximum absolute atomic E-state index is 12.1. The van der Waals surface area contributed by atoms with Crippen LogP contribution in [-0.4, -0.2) is 27.2 Å². The lowest BCUT2D eigenvalue weighted by molar-refractivity contribution is -0.134. The molecule has 6 nitrogen and oxygen atoms in total. The maximum atomic E-state index is 12.1. The number of thiazole rings is 1. The first-order valence-corrected chi connectivity index (χ1v) is 6.34. The lowest BCUT2D eigenvalue weighted by atomic mass is 10.3. The van der Waals surface area contributed by atoms with Crippen molar-refractivity contribution in [3.05, 3.63) is 11.2 Å². The van der Waals surface area contributed by atoms with Gasteiger partial charge in [-0.2, -0.15) is 18.2 Å². The lowest BCUT2D eigenvalue weighted by Crippen LogP contribution is -2.09. The number of carbonyl (C=O) groups is 1. The summed E-state index contributed by atoms with van der Waals surface area (Å²) in [7, 11) is 0. The second kappa shape index (κ2) is 5.57. The van der Waals surface area contributed by atoms with Crippen molar-refractivity contribution in [2.45, 2.75) is 25.9 Å². The van der Waals surface area contributed by atoms with E-state index < -0.39 is 12.6 Å². The Morgan fingerprint density at radius 3 is 2.85 bits per heavy atom. The van der Waals surface area contributed by atoms with E-state index in [2.05, 4.69) is 20.4 Å². The fraction of sp³-hybridized carbons (Fsp3) is 0.400. The van der Waals surface area contributed by atoms with Gasteiger partial charge in [-0.1, -0.05) is 5.16 Å². The summed E-state index contributed by atoms with van der Waals surface area (Å²) in [5.74, 6) is -0.288. The van der Waals surface area contributed by atoms with E-state index in [4.69, 9.17) is 4.52 Å². The number of carbonyl (C=O) groups excluding carboxylic acids is 1. The van der Waals surface area contributed by atoms with E-state index in [1.54, 1.807) is 5.38 Å². The lowest BCUT2D eigenvalue weighted by Gasteiger charge is -2.01. The number of hydrogen-bond acceptors (Lipinski definition) is 6. The van der Waals surface area contributed by atoms with E-state index in [9.17, 15) is 18.0 Å². The molecule has 0 aliphatic rings. The minimum Gasteiger partial charge on any atom is -0.332 e. The Morgan fingerprint density at radius 1 is 1.45 bits per heavy atom. The van der Waals surface area contributed by atoms with Gasteiger partial charge < -0.3 is 9.84 Å². The number of aromatic nitrogens is 3. The van der Waals surface area contributed by atoms with Crippen LogP contribution in [0.3, 0.4) is 0 Å². The molecule has 10 heteroatoms. The maximum Gasteiger partial charge on any atom is 0.389 e. The zero-order chi connectivity index (χ0) is 14.8. The highest BCUT2D eigenvalue weighted by Crippen LogP contribution is 2.25. The number of anilines is 1. The molecule has 2 heterocycles. The van der Waals surface area contributed by atoms with Gasteiger partial charge in [-0.3, -0.25) is 4.79 Å². The average molecular weight is 306 g/mol. The van der Waals surface area contributed by atoms with Gasteiger partial charge in [0.05, 0.1) is 6.42 Å². The number of hydrogen-bond donors (Lipinski definition) is 1. The van der Waals surface area contributed by atoms with Crippen molar-refractivity contribution in [3.63, 3.8) is 0 Å². The van der Waals surface area contributed by atoms with Crippen LogP contribution in [0.25, 0.3) is 11.6 Å². The van der Waals surface area contributed by atoms with Crippen LogP contribution in [0.15, 0.2) is 9.90 Å². The first-order chi connectivity index (χ1) is 9.33. The molecule has 2 rings (SSSR count). The highest BCUT2D eigenvalue weighted by Gasteiger charge is 2.27. The van der Waals surface area contributed by atoms with Crippen molar-refractivity contribution >= 4 is 22.4 Å². The molecular formula is C10H9F3N4O2S. The number of aryl methyl sites for hydroxylation is 1. The van der Waals surface area contributed by atoms with Crippen molar-refractivity contribution in [2.75, 3.05) is 5.32 Å². The van der Waals surface area contributed by atoms with Crippen LogP contribution < -0.4 is 5.32 Å². The number of amides is 1. The summed E-state index contributed by atoms with van der Waals surface area (Å²) in [5.41, 5.74) is 0.310. The molecule has 0 bridgehead atoms. The van der Waals surface area contributed by atoms with Crippen LogP contribution in [0, 0.1) is 0 Å². The summed E-state index contributed by atoms with van der Waals surface area (Å²) >= 11 is 1.15. The molecule has 0 aliphatic heterocycles. The van der Waals surface area contributed by atoms with Gasteiger partial charge in [0.25, 0.3) is 5.89 Å². The predicted octanol–water partition coefficient (Wildman–Crippen LogP) is 2.65. The second-order valence-corrected chi connectivity index (χ2v) is 4.71. The molecular weight excluding hydrogens is 297 g/mol. The molecule has 20 heavy (non-hydrogen) atoms. The third-order valence-electron chi connectivity index (χ3n) is 2.11. The van der Waals surface area contributed by atoms with Gasteiger partial charge in [0.1, 0.15) is 5.69 Å². The van der Waals surface area contributed by atoms with Crippen LogP contribution in [0.5, 0.6) is 0 Å². The first kappa shape index (κ1) is 14.4. The minimum absolute atomic E-state index is 0.0232. The summed E-state index contributed by atoms with van der Waals surface area (Å²) in [6, 6.07) is 0. The molecule has 2 aromatic rings. The van der Waals surface area contributed by atoms with E-state index in [0.29, 0.717) is 10.8 Å². The van der Waals surface area contributed by atoms with E-state index in [-0.39, 0.29) is 24.0 Å². The molecule has 108 valence electrons. The minimum atomic E-state index is -4.26. The smallest absolute Gasteiger partial charge is 0.332 e. The Balaban J connectivity index is 2.05. The molecule has 1 amide bonds. The van der Waals surface area contributed by atoms with Crippen molar-refractivity contribution in [2.24, 2.45) is 0 Å². The van der Waals surface area contributed by atoms with Gasteiger partial charge in [0.2, 0.25) is 5.91 Å². The van der Waals surface area contributed by atoms with Crippen molar-refractivity contribution < 1.29 is 22.5 Å². The Hall–Kier alpha value is -1.97. The monoisotopic (exact) mass is 306 g/mol. The normalized spacial score (nSPS) is 11.6. The first-order valence-electron chi connectivity index (χ1n) is 5.46. The van der Waals surface area contributed by atoms with E-state index in [1.165, 1.54) is 6.92 Å². The Labute approximate surface area is 115 Å². The summed E-state index contributed by atoms with van der Waals surface area (Å²) in [6.07, 6.45) is -5.63. The third-order valence-corrected chi connectivity index (χ3v) is 2.86. The number of alkyl halides is 3. The van der Waals surface area contributed by atoms with Crippen molar-refractivity contribution in [1.29, 1.82) is 0 Å². The van der Waals surface area contributed by atoms with Crippen LogP contribution >= 0.6 is 11.3 Å². The number of rotatable bonds is 4. The Bertz CT molecular complexity index is 608. The molecule has 0 radical (unpaired) electrons. The summed E-state index contributed by atoms with van der Waals surface area (Å²) in [4.78, 5) is 18.7. The van der Waals surface area contributed by atoms with Crippen LogP contribution in [0.1, 0.15) is 19.2 Å². The highest BCUT2D eigenvalue weighted by atomic mass is 32.1. The van der Waals surface area contributed by atoms with Crippen LogP contribution in [-0.2, 0) is 11.2 Å². The molecule has 0 spiro atoms. The van der Waals surface area contributed by atoms with Crippen molar-refractivity contribution in [1.82, 2.24) is 15.1 Å². The summed E-state index contributed by atoms with van der Waals surface area (Å²) in [6.45, 7) is 1.34. The van der Waals surface area contributed by atoms with Crippen LogP contribution in [0.2, 0.25) is 0 Å². The third kappa shape index (κ3) is 4.02. The molecule has 2 aromatic heterocycles. The Kier molecular flexibility index (Phi) is 4.02. The summed E-state index contributed by atoms with van der Waals surface area (Å²) in [5, 5.41) is 7.85. The SMILES string of the molecule is CC(=O)Nc1nc(-c2nc(CCC(F)(F)F)no2)cs1. The molecule has 0 atom stereocenters. The standard InChI is InChI=1S/C10H9F3N4O2S/c1-5(18)14-9-15-6(4-20-9)8-16-7(17-19-8)2-3-10(11,12)13/h4H,2-3H2,1H3,(H,14,15,18). The number of halogens is 3. The van der Waals surface area contributed by atoms with E-state index in [1.807, 2.05) is 0 Å². The number of nitrogens with zero attached hydrogens (tertiary/aromatic N) is 3. The van der Waals surface area contributed by atoms with Gasteiger partial charge in [-0.05, 0) is 0 Å². The van der Waals surface area contributed by atoms with Gasteiger partial charge in [-0.25, -0.2) is 4.98 Å². The van der Waals surface area contributed by atoms with Crippen molar-refractivity contribution in [3.8, 4) is 11.6 Å². The highest BCUT2D eigenvalue weighted by molar-refractivity contribution is 7.14. The second-order valence-electron chi connectivity index (χ2n) is 3.85.